The Morgan fingerprint density at radius 3 is 2.56 bits per heavy atom. The van der Waals surface area contributed by atoms with Crippen molar-refractivity contribution in [3.05, 3.63) is 54.0 Å². The maximum Gasteiger partial charge on any atom is 0.313 e. The molecule has 0 N–H and O–H groups in total. The Hall–Kier alpha value is -2.76. The van der Waals surface area contributed by atoms with Gasteiger partial charge in [0, 0.05) is 24.1 Å². The lowest BCUT2D eigenvalue weighted by molar-refractivity contribution is -0.739. The summed E-state index contributed by atoms with van der Waals surface area (Å²) in [7, 11) is 0. The van der Waals surface area contributed by atoms with Gasteiger partial charge in [-0.1, -0.05) is 0 Å². The molecular weight excluding hydrogens is 349 g/mol. The number of carbonyl (C=O) groups is 2. The third-order valence-corrected chi connectivity index (χ3v) is 4.87. The van der Waals surface area contributed by atoms with Crippen LogP contribution in [0.5, 0.6) is 0 Å². The Balaban J connectivity index is 2.11. The number of esters is 2. The van der Waals surface area contributed by atoms with Crippen LogP contribution in [-0.2, 0) is 24.6 Å². The Kier molecular flexibility index (Phi) is 5.54. The Bertz CT molecular complexity index is 867. The number of fused-ring (bicyclic) bond motifs is 3. The number of pyridine rings is 1. The predicted octanol–water partition coefficient (Wildman–Crippen LogP) is 3.13. The van der Waals surface area contributed by atoms with Crippen LogP contribution in [0.4, 0.5) is 4.39 Å². The highest BCUT2D eigenvalue weighted by Gasteiger charge is 2.52. The summed E-state index contributed by atoms with van der Waals surface area (Å²) < 4.78 is 26.3. The van der Waals surface area contributed by atoms with Gasteiger partial charge in [0.15, 0.2) is 6.20 Å². The molecule has 5 nitrogen and oxygen atoms in total. The second-order valence-corrected chi connectivity index (χ2v) is 6.46. The van der Waals surface area contributed by atoms with Crippen LogP contribution >= 0.6 is 0 Å². The molecule has 3 rings (SSSR count). The van der Waals surface area contributed by atoms with E-state index in [4.69, 9.17) is 9.47 Å². The molecule has 1 aliphatic heterocycles. The summed E-state index contributed by atoms with van der Waals surface area (Å²) >= 11 is 0. The third kappa shape index (κ3) is 3.56. The lowest BCUT2D eigenvalue weighted by Crippen LogP contribution is -2.56. The maximum absolute atomic E-state index is 14.1. The molecule has 0 saturated heterocycles. The molecule has 0 amide bonds. The molecule has 142 valence electrons. The summed E-state index contributed by atoms with van der Waals surface area (Å²) in [5, 5.41) is 0. The molecule has 0 bridgehead atoms. The van der Waals surface area contributed by atoms with Gasteiger partial charge < -0.3 is 9.47 Å². The largest absolute Gasteiger partial charge is 0.466 e. The van der Waals surface area contributed by atoms with Gasteiger partial charge in [-0.3, -0.25) is 9.59 Å². The first-order valence-electron chi connectivity index (χ1n) is 9.14. The van der Waals surface area contributed by atoms with Crippen molar-refractivity contribution >= 4 is 11.9 Å². The number of hydrogen-bond donors (Lipinski definition) is 0. The lowest BCUT2D eigenvalue weighted by Gasteiger charge is -2.24. The smallest absolute Gasteiger partial charge is 0.313 e. The quantitative estimate of drug-likeness (QED) is 0.553. The van der Waals surface area contributed by atoms with E-state index in [0.29, 0.717) is 18.6 Å². The highest BCUT2D eigenvalue weighted by molar-refractivity contribution is 5.75. The van der Waals surface area contributed by atoms with Gasteiger partial charge in [0.05, 0.1) is 25.2 Å². The van der Waals surface area contributed by atoms with E-state index in [2.05, 4.69) is 0 Å². The van der Waals surface area contributed by atoms with E-state index < -0.39 is 5.54 Å². The first kappa shape index (κ1) is 19.0. The molecule has 1 unspecified atom stereocenters. The third-order valence-electron chi connectivity index (χ3n) is 4.87. The highest BCUT2D eigenvalue weighted by atomic mass is 19.1. The van der Waals surface area contributed by atoms with Crippen molar-refractivity contribution in [1.29, 1.82) is 0 Å². The van der Waals surface area contributed by atoms with Crippen molar-refractivity contribution in [2.75, 3.05) is 13.2 Å². The van der Waals surface area contributed by atoms with Crippen molar-refractivity contribution in [2.24, 2.45) is 0 Å². The molecule has 27 heavy (non-hydrogen) atoms. The first-order chi connectivity index (χ1) is 13.0. The lowest BCUT2D eigenvalue weighted by atomic mass is 9.82. The van der Waals surface area contributed by atoms with Crippen LogP contribution in [0.25, 0.3) is 11.3 Å². The van der Waals surface area contributed by atoms with E-state index in [-0.39, 0.29) is 37.2 Å². The number of aromatic nitrogens is 1. The van der Waals surface area contributed by atoms with Gasteiger partial charge in [-0.05, 0) is 38.1 Å². The summed E-state index contributed by atoms with van der Waals surface area (Å²) in [6.07, 6.45) is 2.29. The van der Waals surface area contributed by atoms with E-state index in [0.717, 1.165) is 11.3 Å². The van der Waals surface area contributed by atoms with Crippen LogP contribution in [-0.4, -0.2) is 25.2 Å². The molecule has 0 spiro atoms. The van der Waals surface area contributed by atoms with Gasteiger partial charge in [0.1, 0.15) is 12.2 Å². The average molecular weight is 372 g/mol. The fourth-order valence-corrected chi connectivity index (χ4v) is 3.81. The Morgan fingerprint density at radius 1 is 1.07 bits per heavy atom. The summed E-state index contributed by atoms with van der Waals surface area (Å²) in [5.74, 6) is -1.11. The van der Waals surface area contributed by atoms with Crippen molar-refractivity contribution in [2.45, 2.75) is 38.6 Å². The second kappa shape index (κ2) is 7.86. The number of carbonyl (C=O) groups excluding carboxylic acids is 2. The van der Waals surface area contributed by atoms with Gasteiger partial charge >= 0.3 is 11.9 Å². The number of hydrogen-bond acceptors (Lipinski definition) is 4. The number of nitrogens with zero attached hydrogens (tertiary/aromatic N) is 1. The SMILES string of the molecule is CCOC(=O)CCC1(CC(=O)OCC)c2cc(F)ccc2-c2cccc[n+]21. The van der Waals surface area contributed by atoms with E-state index in [1.54, 1.807) is 19.9 Å². The van der Waals surface area contributed by atoms with E-state index in [1.807, 2.05) is 29.0 Å². The zero-order valence-corrected chi connectivity index (χ0v) is 15.5. The fraction of sp³-hybridized carbons (Fsp3) is 0.381. The van der Waals surface area contributed by atoms with Crippen LogP contribution in [0.1, 0.15) is 38.7 Å². The standard InChI is InChI=1S/C21H23FNO4/c1-3-26-19(24)10-11-21(14-20(25)27-4-2)17-13-15(22)8-9-16(17)18-7-5-6-12-23(18)21/h5-9,12-13H,3-4,10-11,14H2,1-2H3/q+1. The second-order valence-electron chi connectivity index (χ2n) is 6.46. The Morgan fingerprint density at radius 2 is 1.81 bits per heavy atom. The number of rotatable bonds is 7. The molecule has 6 heteroatoms. The normalized spacial score (nSPS) is 17.1. The topological polar surface area (TPSA) is 56.5 Å². The molecular formula is C21H23FNO4+. The molecule has 1 aromatic heterocycles. The first-order valence-corrected chi connectivity index (χ1v) is 9.14. The molecule has 1 aliphatic rings. The zero-order valence-electron chi connectivity index (χ0n) is 15.5. The van der Waals surface area contributed by atoms with Crippen LogP contribution in [0.2, 0.25) is 0 Å². The van der Waals surface area contributed by atoms with Crippen LogP contribution < -0.4 is 4.57 Å². The molecule has 0 saturated carbocycles. The molecule has 2 aromatic rings. The fourth-order valence-electron chi connectivity index (χ4n) is 3.81. The maximum atomic E-state index is 14.1. The van der Waals surface area contributed by atoms with E-state index in [1.165, 1.54) is 12.1 Å². The van der Waals surface area contributed by atoms with Crippen LogP contribution in [0.15, 0.2) is 42.6 Å². The van der Waals surface area contributed by atoms with E-state index in [9.17, 15) is 14.0 Å². The minimum absolute atomic E-state index is 0.0123. The van der Waals surface area contributed by atoms with Gasteiger partial charge in [-0.2, -0.15) is 4.57 Å². The van der Waals surface area contributed by atoms with Gasteiger partial charge in [-0.25, -0.2) is 4.39 Å². The monoisotopic (exact) mass is 372 g/mol. The van der Waals surface area contributed by atoms with Crippen LogP contribution in [0.3, 0.4) is 0 Å². The zero-order chi connectivity index (χ0) is 19.4. The Labute approximate surface area is 157 Å². The minimum Gasteiger partial charge on any atom is -0.466 e. The summed E-state index contributed by atoms with van der Waals surface area (Å²) in [4.78, 5) is 24.5. The molecule has 1 atom stereocenters. The molecule has 0 aliphatic carbocycles. The van der Waals surface area contributed by atoms with Crippen molar-refractivity contribution < 1.29 is 28.0 Å². The molecule has 0 fully saturated rings. The number of ether oxygens (including phenoxy) is 2. The number of benzene rings is 1. The highest BCUT2D eigenvalue weighted by Crippen LogP contribution is 2.43. The van der Waals surface area contributed by atoms with Gasteiger partial charge in [0.25, 0.3) is 0 Å². The van der Waals surface area contributed by atoms with Crippen molar-refractivity contribution in [3.63, 3.8) is 0 Å². The van der Waals surface area contributed by atoms with Crippen LogP contribution in [0, 0.1) is 5.82 Å². The van der Waals surface area contributed by atoms with Crippen molar-refractivity contribution in [3.8, 4) is 11.3 Å². The summed E-state index contributed by atoms with van der Waals surface area (Å²) in [5.41, 5.74) is 1.52. The molecule has 0 radical (unpaired) electrons. The minimum atomic E-state index is -0.896. The van der Waals surface area contributed by atoms with Crippen molar-refractivity contribution in [1.82, 2.24) is 0 Å². The number of halogens is 1. The molecule has 1 aromatic carbocycles. The average Bonchev–Trinajstić information content (AvgIpc) is 2.90. The molecule has 2 heterocycles. The van der Waals surface area contributed by atoms with Gasteiger partial charge in [0.2, 0.25) is 11.2 Å². The summed E-state index contributed by atoms with van der Waals surface area (Å²) in [6.45, 7) is 4.04. The van der Waals surface area contributed by atoms with Gasteiger partial charge in [-0.15, -0.1) is 0 Å². The summed E-state index contributed by atoms with van der Waals surface area (Å²) in [6, 6.07) is 10.2. The predicted molar refractivity (Wildman–Crippen MR) is 96.2 cm³/mol. The van der Waals surface area contributed by atoms with E-state index >= 15 is 0 Å².